The minimum atomic E-state index is -0.336. The molecule has 3 nitrogen and oxygen atoms in total. The van der Waals surface area contributed by atoms with Crippen LogP contribution in [0.5, 0.6) is 0 Å². The molecule has 0 bridgehead atoms. The summed E-state index contributed by atoms with van der Waals surface area (Å²) >= 11 is 0. The van der Waals surface area contributed by atoms with Crippen LogP contribution in [0.15, 0.2) is 18.2 Å². The van der Waals surface area contributed by atoms with Gasteiger partial charge in [0.25, 0.3) is 0 Å². The Labute approximate surface area is 95.4 Å². The van der Waals surface area contributed by atoms with Crippen molar-refractivity contribution in [3.05, 3.63) is 34.9 Å². The van der Waals surface area contributed by atoms with Crippen LogP contribution in [0, 0.1) is 6.92 Å². The molecule has 86 valence electrons. The monoisotopic (exact) mass is 220 g/mol. The molecule has 0 atom stereocenters. The van der Waals surface area contributed by atoms with Crippen LogP contribution in [0.25, 0.3) is 0 Å². The third kappa shape index (κ3) is 2.92. The van der Waals surface area contributed by atoms with Crippen molar-refractivity contribution in [3.8, 4) is 0 Å². The van der Waals surface area contributed by atoms with Crippen LogP contribution in [-0.2, 0) is 16.0 Å². The van der Waals surface area contributed by atoms with E-state index in [4.69, 9.17) is 4.74 Å². The molecule has 0 aliphatic rings. The highest BCUT2D eigenvalue weighted by Crippen LogP contribution is 2.17. The summed E-state index contributed by atoms with van der Waals surface area (Å²) in [6, 6.07) is 5.61. The lowest BCUT2D eigenvalue weighted by molar-refractivity contribution is -0.116. The van der Waals surface area contributed by atoms with Gasteiger partial charge in [0.1, 0.15) is 5.78 Å². The number of Topliss-reactive ketones (excluding diaryl/α,β-unsaturated/α-hetero) is 1. The van der Waals surface area contributed by atoms with Crippen molar-refractivity contribution >= 4 is 11.8 Å². The summed E-state index contributed by atoms with van der Waals surface area (Å²) in [5.74, 6) is -0.214. The average molecular weight is 220 g/mol. The van der Waals surface area contributed by atoms with Gasteiger partial charge >= 0.3 is 5.97 Å². The van der Waals surface area contributed by atoms with E-state index in [1.165, 1.54) is 7.11 Å². The first kappa shape index (κ1) is 12.4. The third-order valence-electron chi connectivity index (χ3n) is 2.50. The van der Waals surface area contributed by atoms with Crippen molar-refractivity contribution in [2.75, 3.05) is 7.11 Å². The van der Waals surface area contributed by atoms with Gasteiger partial charge in [-0.2, -0.15) is 0 Å². The van der Waals surface area contributed by atoms with E-state index in [0.717, 1.165) is 11.1 Å². The first-order valence-electron chi connectivity index (χ1n) is 5.22. The standard InChI is InChI=1S/C13H16O3/c1-9-5-4-6-11(8-7-10(2)14)12(9)13(15)16-3/h4-6H,7-8H2,1-3H3. The minimum Gasteiger partial charge on any atom is -0.465 e. The molecule has 0 heterocycles. The fourth-order valence-corrected chi connectivity index (χ4v) is 1.64. The molecule has 3 heteroatoms. The Morgan fingerprint density at radius 2 is 2.00 bits per heavy atom. The maximum atomic E-state index is 11.6. The fourth-order valence-electron chi connectivity index (χ4n) is 1.64. The molecule has 0 aliphatic carbocycles. The molecule has 0 unspecified atom stereocenters. The summed E-state index contributed by atoms with van der Waals surface area (Å²) < 4.78 is 4.74. The van der Waals surface area contributed by atoms with Gasteiger partial charge in [-0.1, -0.05) is 18.2 Å². The van der Waals surface area contributed by atoms with Crippen LogP contribution in [-0.4, -0.2) is 18.9 Å². The first-order chi connectivity index (χ1) is 7.56. The van der Waals surface area contributed by atoms with Crippen molar-refractivity contribution in [2.45, 2.75) is 26.7 Å². The lowest BCUT2D eigenvalue weighted by Gasteiger charge is -2.09. The Hall–Kier alpha value is -1.64. The van der Waals surface area contributed by atoms with Crippen LogP contribution < -0.4 is 0 Å². The number of ketones is 1. The number of hydrogen-bond acceptors (Lipinski definition) is 3. The van der Waals surface area contributed by atoms with Gasteiger partial charge in [0.15, 0.2) is 0 Å². The molecule has 0 saturated heterocycles. The van der Waals surface area contributed by atoms with E-state index < -0.39 is 0 Å². The number of carbonyl (C=O) groups is 2. The number of methoxy groups -OCH3 is 1. The summed E-state index contributed by atoms with van der Waals surface area (Å²) in [5, 5.41) is 0. The topological polar surface area (TPSA) is 43.4 Å². The molecule has 0 aliphatic heterocycles. The summed E-state index contributed by atoms with van der Waals surface area (Å²) in [7, 11) is 1.36. The average Bonchev–Trinajstić information content (AvgIpc) is 2.25. The smallest absolute Gasteiger partial charge is 0.338 e. The molecule has 0 fully saturated rings. The Morgan fingerprint density at radius 3 is 2.56 bits per heavy atom. The molecule has 0 saturated carbocycles. The van der Waals surface area contributed by atoms with Crippen LogP contribution in [0.1, 0.15) is 34.8 Å². The van der Waals surface area contributed by atoms with Crippen LogP contribution in [0.3, 0.4) is 0 Å². The molecule has 1 rings (SSSR count). The summed E-state index contributed by atoms with van der Waals surface area (Å²) in [6.45, 7) is 3.41. The van der Waals surface area contributed by atoms with E-state index in [1.807, 2.05) is 25.1 Å². The van der Waals surface area contributed by atoms with Gasteiger partial charge in [-0.15, -0.1) is 0 Å². The van der Waals surface area contributed by atoms with Gasteiger partial charge in [-0.05, 0) is 31.4 Å². The summed E-state index contributed by atoms with van der Waals surface area (Å²) in [5.41, 5.74) is 2.35. The van der Waals surface area contributed by atoms with E-state index in [9.17, 15) is 9.59 Å². The maximum Gasteiger partial charge on any atom is 0.338 e. The van der Waals surface area contributed by atoms with Gasteiger partial charge in [0.2, 0.25) is 0 Å². The molecule has 16 heavy (non-hydrogen) atoms. The second kappa shape index (κ2) is 5.45. The molecule has 0 aromatic heterocycles. The van der Waals surface area contributed by atoms with Gasteiger partial charge in [0, 0.05) is 6.42 Å². The normalized spacial score (nSPS) is 9.94. The van der Waals surface area contributed by atoms with Crippen LogP contribution >= 0.6 is 0 Å². The van der Waals surface area contributed by atoms with Crippen LogP contribution in [0.4, 0.5) is 0 Å². The predicted octanol–water partition coefficient (Wildman–Crippen LogP) is 2.30. The highest BCUT2D eigenvalue weighted by Gasteiger charge is 2.14. The first-order valence-corrected chi connectivity index (χ1v) is 5.22. The second-order valence-corrected chi connectivity index (χ2v) is 3.80. The SMILES string of the molecule is COC(=O)c1c(C)cccc1CCC(C)=O. The largest absolute Gasteiger partial charge is 0.465 e. The number of hydrogen-bond donors (Lipinski definition) is 0. The molecule has 1 aromatic carbocycles. The number of aryl methyl sites for hydroxylation is 2. The lowest BCUT2D eigenvalue weighted by atomic mass is 9.98. The fraction of sp³-hybridized carbons (Fsp3) is 0.385. The van der Waals surface area contributed by atoms with Crippen molar-refractivity contribution in [2.24, 2.45) is 0 Å². The maximum absolute atomic E-state index is 11.6. The molecule has 1 aromatic rings. The summed E-state index contributed by atoms with van der Waals surface area (Å²) in [4.78, 5) is 22.5. The molecule has 0 N–H and O–H groups in total. The van der Waals surface area contributed by atoms with Crippen molar-refractivity contribution in [1.82, 2.24) is 0 Å². The van der Waals surface area contributed by atoms with E-state index in [0.29, 0.717) is 18.4 Å². The van der Waals surface area contributed by atoms with Gasteiger partial charge < -0.3 is 9.53 Å². The van der Waals surface area contributed by atoms with Crippen molar-refractivity contribution in [3.63, 3.8) is 0 Å². The highest BCUT2D eigenvalue weighted by molar-refractivity contribution is 5.92. The molecule has 0 amide bonds. The summed E-state index contributed by atoms with van der Waals surface area (Å²) in [6.07, 6.45) is 1.04. The zero-order chi connectivity index (χ0) is 12.1. The predicted molar refractivity (Wildman–Crippen MR) is 61.5 cm³/mol. The molecule has 0 spiro atoms. The molecule has 0 radical (unpaired) electrons. The number of carbonyl (C=O) groups excluding carboxylic acids is 2. The number of rotatable bonds is 4. The quantitative estimate of drug-likeness (QED) is 0.731. The van der Waals surface area contributed by atoms with Crippen molar-refractivity contribution < 1.29 is 14.3 Å². The third-order valence-corrected chi connectivity index (χ3v) is 2.50. The Morgan fingerprint density at radius 1 is 1.31 bits per heavy atom. The zero-order valence-electron chi connectivity index (χ0n) is 9.87. The van der Waals surface area contributed by atoms with E-state index in [-0.39, 0.29) is 11.8 Å². The Balaban J connectivity index is 3.03. The molecular weight excluding hydrogens is 204 g/mol. The number of benzene rings is 1. The minimum absolute atomic E-state index is 0.123. The van der Waals surface area contributed by atoms with Crippen molar-refractivity contribution in [1.29, 1.82) is 0 Å². The van der Waals surface area contributed by atoms with Crippen LogP contribution in [0.2, 0.25) is 0 Å². The molecular formula is C13H16O3. The lowest BCUT2D eigenvalue weighted by Crippen LogP contribution is -2.09. The van der Waals surface area contributed by atoms with E-state index in [2.05, 4.69) is 0 Å². The zero-order valence-corrected chi connectivity index (χ0v) is 9.87. The second-order valence-electron chi connectivity index (χ2n) is 3.80. The van der Waals surface area contributed by atoms with E-state index in [1.54, 1.807) is 6.92 Å². The highest BCUT2D eigenvalue weighted by atomic mass is 16.5. The Kier molecular flexibility index (Phi) is 4.23. The number of esters is 1. The Bertz CT molecular complexity index is 408. The van der Waals surface area contributed by atoms with Gasteiger partial charge in [-0.25, -0.2) is 4.79 Å². The van der Waals surface area contributed by atoms with E-state index >= 15 is 0 Å². The van der Waals surface area contributed by atoms with Gasteiger partial charge in [-0.3, -0.25) is 0 Å². The number of ether oxygens (including phenoxy) is 1. The van der Waals surface area contributed by atoms with Gasteiger partial charge in [0.05, 0.1) is 12.7 Å².